The van der Waals surface area contributed by atoms with Gasteiger partial charge in [-0.1, -0.05) is 11.6 Å². The molecule has 0 saturated carbocycles. The molecule has 1 aromatic heterocycles. The summed E-state index contributed by atoms with van der Waals surface area (Å²) < 4.78 is 7.95. The average Bonchev–Trinajstić information content (AvgIpc) is 2.51. The van der Waals surface area contributed by atoms with Gasteiger partial charge in [0, 0.05) is 0 Å². The van der Waals surface area contributed by atoms with Crippen molar-refractivity contribution in [3.63, 3.8) is 0 Å². The first kappa shape index (κ1) is 9.29. The Hall–Kier alpha value is -1.27. The maximum absolute atomic E-state index is 10.6. The topological polar surface area (TPSA) is 68.9 Å². The van der Waals surface area contributed by atoms with E-state index in [0.29, 0.717) is 11.4 Å². The van der Waals surface area contributed by atoms with Crippen LogP contribution in [0.3, 0.4) is 0 Å². The van der Waals surface area contributed by atoms with Crippen LogP contribution in [0.5, 0.6) is 0 Å². The fraction of sp³-hybridized carbons (Fsp3) is 0.143. The van der Waals surface area contributed by atoms with Gasteiger partial charge in [-0.05, 0) is 12.2 Å². The van der Waals surface area contributed by atoms with E-state index in [9.17, 15) is 10.1 Å². The minimum atomic E-state index is -0.485. The van der Waals surface area contributed by atoms with E-state index < -0.39 is 4.92 Å². The lowest BCUT2D eigenvalue weighted by Crippen LogP contribution is -2.04. The summed E-state index contributed by atoms with van der Waals surface area (Å²) in [6.07, 6.45) is 3.25. The summed E-state index contributed by atoms with van der Waals surface area (Å²) in [4.78, 5) is 10.1. The van der Waals surface area contributed by atoms with Gasteiger partial charge in [0.1, 0.15) is 10.7 Å². The van der Waals surface area contributed by atoms with Crippen LogP contribution in [0.2, 0.25) is 0 Å². The van der Waals surface area contributed by atoms with Crippen LogP contribution in [-0.2, 0) is 6.42 Å². The normalized spacial score (nSPS) is 15.2. The van der Waals surface area contributed by atoms with Gasteiger partial charge in [0.05, 0.1) is 28.8 Å². The zero-order chi connectivity index (χ0) is 10.1. The molecule has 2 rings (SSSR count). The Labute approximate surface area is 88.2 Å². The van der Waals surface area contributed by atoms with E-state index in [4.69, 9.17) is 11.6 Å². The monoisotopic (exact) mass is 229 g/mol. The fourth-order valence-corrected chi connectivity index (χ4v) is 1.86. The molecular weight excluding hydrogens is 226 g/mol. The van der Waals surface area contributed by atoms with Gasteiger partial charge in [-0.3, -0.25) is 10.1 Å². The molecule has 14 heavy (non-hydrogen) atoms. The first-order valence-electron chi connectivity index (χ1n) is 3.71. The minimum Gasteiger partial charge on any atom is -0.259 e. The molecule has 0 aliphatic heterocycles. The first-order valence-corrected chi connectivity index (χ1v) is 4.82. The zero-order valence-electron chi connectivity index (χ0n) is 6.81. The SMILES string of the molecule is O=[N+]([O-])C1=C(Cl)C=Cc2nsnc2C1. The van der Waals surface area contributed by atoms with E-state index in [0.717, 1.165) is 11.7 Å². The number of nitrogens with zero attached hydrogens (tertiary/aromatic N) is 3. The summed E-state index contributed by atoms with van der Waals surface area (Å²) in [5, 5.41) is 10.8. The van der Waals surface area contributed by atoms with Crippen molar-refractivity contribution in [2.45, 2.75) is 6.42 Å². The lowest BCUT2D eigenvalue weighted by Gasteiger charge is -1.94. The molecule has 0 spiro atoms. The molecule has 0 aromatic carbocycles. The Kier molecular flexibility index (Phi) is 2.30. The molecule has 1 aromatic rings. The summed E-state index contributed by atoms with van der Waals surface area (Å²) in [6, 6.07) is 0. The summed E-state index contributed by atoms with van der Waals surface area (Å²) in [5.41, 5.74) is 1.23. The van der Waals surface area contributed by atoms with Gasteiger partial charge >= 0.3 is 0 Å². The Morgan fingerprint density at radius 2 is 2.29 bits per heavy atom. The molecular formula is C7H4ClN3O2S. The molecule has 1 aliphatic carbocycles. The van der Waals surface area contributed by atoms with E-state index in [1.54, 1.807) is 6.08 Å². The third-order valence-electron chi connectivity index (χ3n) is 1.80. The molecule has 0 N–H and O–H groups in total. The molecule has 0 saturated heterocycles. The summed E-state index contributed by atoms with van der Waals surface area (Å²) in [6.45, 7) is 0. The lowest BCUT2D eigenvalue weighted by molar-refractivity contribution is -0.427. The standard InChI is InChI=1S/C7H4ClN3O2S/c8-4-1-2-5-6(10-14-9-5)3-7(4)11(12)13/h1-2H,3H2. The van der Waals surface area contributed by atoms with Gasteiger partial charge in [-0.15, -0.1) is 0 Å². The van der Waals surface area contributed by atoms with Crippen LogP contribution in [0.25, 0.3) is 6.08 Å². The van der Waals surface area contributed by atoms with Crippen LogP contribution in [0.1, 0.15) is 11.4 Å². The number of allylic oxidation sites excluding steroid dienone is 3. The van der Waals surface area contributed by atoms with Crippen LogP contribution in [-0.4, -0.2) is 13.7 Å². The molecule has 5 nitrogen and oxygen atoms in total. The number of nitro groups is 1. The van der Waals surface area contributed by atoms with Gasteiger partial charge < -0.3 is 0 Å². The number of rotatable bonds is 1. The molecule has 72 valence electrons. The van der Waals surface area contributed by atoms with Crippen LogP contribution < -0.4 is 0 Å². The summed E-state index contributed by atoms with van der Waals surface area (Å²) in [7, 11) is 0. The van der Waals surface area contributed by atoms with E-state index in [1.165, 1.54) is 6.08 Å². The Morgan fingerprint density at radius 1 is 1.50 bits per heavy atom. The second kappa shape index (κ2) is 3.47. The summed E-state index contributed by atoms with van der Waals surface area (Å²) >= 11 is 6.77. The van der Waals surface area contributed by atoms with Crippen LogP contribution in [0.4, 0.5) is 0 Å². The van der Waals surface area contributed by atoms with Gasteiger partial charge in [0.2, 0.25) is 0 Å². The van der Waals surface area contributed by atoms with Crippen molar-refractivity contribution in [3.8, 4) is 0 Å². The van der Waals surface area contributed by atoms with Crippen molar-refractivity contribution in [1.82, 2.24) is 8.75 Å². The van der Waals surface area contributed by atoms with Crippen molar-refractivity contribution in [3.05, 3.63) is 38.3 Å². The highest BCUT2D eigenvalue weighted by atomic mass is 35.5. The molecule has 0 fully saturated rings. The van der Waals surface area contributed by atoms with E-state index in [-0.39, 0.29) is 17.2 Å². The average molecular weight is 230 g/mol. The molecule has 7 heteroatoms. The number of aromatic nitrogens is 2. The number of hydrogen-bond acceptors (Lipinski definition) is 5. The molecule has 1 heterocycles. The highest BCUT2D eigenvalue weighted by molar-refractivity contribution is 6.99. The third-order valence-corrected chi connectivity index (χ3v) is 2.73. The van der Waals surface area contributed by atoms with Crippen molar-refractivity contribution in [2.24, 2.45) is 0 Å². The van der Waals surface area contributed by atoms with E-state index in [2.05, 4.69) is 8.75 Å². The van der Waals surface area contributed by atoms with E-state index >= 15 is 0 Å². The van der Waals surface area contributed by atoms with Crippen molar-refractivity contribution >= 4 is 29.4 Å². The Balaban J connectivity index is 2.48. The summed E-state index contributed by atoms with van der Waals surface area (Å²) in [5.74, 6) is 0. The highest BCUT2D eigenvalue weighted by Gasteiger charge is 2.22. The second-order valence-electron chi connectivity index (χ2n) is 2.66. The second-order valence-corrected chi connectivity index (χ2v) is 3.59. The first-order chi connectivity index (χ1) is 6.68. The van der Waals surface area contributed by atoms with Gasteiger partial charge in [-0.25, -0.2) is 0 Å². The van der Waals surface area contributed by atoms with Gasteiger partial charge in [0.15, 0.2) is 0 Å². The van der Waals surface area contributed by atoms with Crippen molar-refractivity contribution in [2.75, 3.05) is 0 Å². The lowest BCUT2D eigenvalue weighted by atomic mass is 10.2. The molecule has 1 aliphatic rings. The molecule has 0 radical (unpaired) electrons. The predicted molar refractivity (Wildman–Crippen MR) is 52.5 cm³/mol. The Morgan fingerprint density at radius 3 is 3.00 bits per heavy atom. The smallest absolute Gasteiger partial charge is 0.259 e. The van der Waals surface area contributed by atoms with E-state index in [1.807, 2.05) is 0 Å². The Bertz CT molecular complexity index is 452. The minimum absolute atomic E-state index is 0.0330. The number of hydrogen-bond donors (Lipinski definition) is 0. The molecule has 0 bridgehead atoms. The zero-order valence-corrected chi connectivity index (χ0v) is 8.38. The number of fused-ring (bicyclic) bond motifs is 1. The van der Waals surface area contributed by atoms with Crippen LogP contribution >= 0.6 is 23.3 Å². The third kappa shape index (κ3) is 1.53. The van der Waals surface area contributed by atoms with Crippen LogP contribution in [0.15, 0.2) is 16.8 Å². The molecule has 0 atom stereocenters. The van der Waals surface area contributed by atoms with Gasteiger partial charge in [-0.2, -0.15) is 8.75 Å². The van der Waals surface area contributed by atoms with Crippen LogP contribution in [0, 0.1) is 10.1 Å². The largest absolute Gasteiger partial charge is 0.270 e. The van der Waals surface area contributed by atoms with Gasteiger partial charge in [0.25, 0.3) is 5.70 Å². The quantitative estimate of drug-likeness (QED) is 0.544. The number of halogens is 1. The highest BCUT2D eigenvalue weighted by Crippen LogP contribution is 2.23. The maximum Gasteiger partial charge on any atom is 0.270 e. The fourth-order valence-electron chi connectivity index (χ4n) is 1.11. The molecule has 0 unspecified atom stereocenters. The maximum atomic E-state index is 10.6. The molecule has 0 amide bonds. The predicted octanol–water partition coefficient (Wildman–Crippen LogP) is 1.83. The van der Waals surface area contributed by atoms with Crippen molar-refractivity contribution in [1.29, 1.82) is 0 Å². The van der Waals surface area contributed by atoms with Crippen molar-refractivity contribution < 1.29 is 4.92 Å².